The van der Waals surface area contributed by atoms with Crippen LogP contribution in [0.1, 0.15) is 43.3 Å². The topological polar surface area (TPSA) is 24.9 Å². The summed E-state index contributed by atoms with van der Waals surface area (Å²) in [6.07, 6.45) is 2.84. The molecule has 1 aromatic heterocycles. The molecule has 3 heteroatoms. The Morgan fingerprint density at radius 1 is 1.57 bits per heavy atom. The molecule has 1 fully saturated rings. The Morgan fingerprint density at radius 2 is 2.36 bits per heavy atom. The molecule has 1 heterocycles. The number of thiazole rings is 1. The number of aromatic nitrogens is 1. The van der Waals surface area contributed by atoms with Gasteiger partial charge in [0.15, 0.2) is 0 Å². The van der Waals surface area contributed by atoms with Crippen molar-refractivity contribution in [3.05, 3.63) is 16.1 Å². The van der Waals surface area contributed by atoms with Crippen LogP contribution >= 0.6 is 11.3 Å². The zero-order valence-corrected chi connectivity index (χ0v) is 9.73. The number of rotatable bonds is 5. The van der Waals surface area contributed by atoms with Crippen molar-refractivity contribution in [2.75, 3.05) is 6.54 Å². The van der Waals surface area contributed by atoms with Gasteiger partial charge in [-0.3, -0.25) is 0 Å². The fourth-order valence-corrected chi connectivity index (χ4v) is 2.30. The molecular weight excluding hydrogens is 192 g/mol. The summed E-state index contributed by atoms with van der Waals surface area (Å²) in [5.74, 6) is 1.52. The molecular formula is C11H18N2S. The third-order valence-electron chi connectivity index (χ3n) is 2.57. The zero-order chi connectivity index (χ0) is 9.97. The first-order valence-corrected chi connectivity index (χ1v) is 6.28. The fraction of sp³-hybridized carbons (Fsp3) is 0.727. The van der Waals surface area contributed by atoms with E-state index in [1.54, 1.807) is 11.3 Å². The Morgan fingerprint density at radius 3 is 2.93 bits per heavy atom. The van der Waals surface area contributed by atoms with Gasteiger partial charge >= 0.3 is 0 Å². The van der Waals surface area contributed by atoms with Crippen LogP contribution in [0.4, 0.5) is 0 Å². The third-order valence-corrected chi connectivity index (χ3v) is 3.43. The van der Waals surface area contributed by atoms with Gasteiger partial charge in [0.25, 0.3) is 0 Å². The van der Waals surface area contributed by atoms with Crippen molar-refractivity contribution >= 4 is 11.3 Å². The van der Waals surface area contributed by atoms with Crippen molar-refractivity contribution in [1.82, 2.24) is 10.3 Å². The Bertz CT molecular complexity index is 289. The zero-order valence-electron chi connectivity index (χ0n) is 8.92. The van der Waals surface area contributed by atoms with E-state index in [0.29, 0.717) is 5.92 Å². The van der Waals surface area contributed by atoms with Crippen molar-refractivity contribution < 1.29 is 0 Å². The average Bonchev–Trinajstić information content (AvgIpc) is 2.82. The van der Waals surface area contributed by atoms with E-state index in [2.05, 4.69) is 29.5 Å². The Kier molecular flexibility index (Phi) is 3.19. The molecule has 0 unspecified atom stereocenters. The van der Waals surface area contributed by atoms with E-state index < -0.39 is 0 Å². The Hall–Kier alpha value is -0.410. The van der Waals surface area contributed by atoms with Crippen LogP contribution in [-0.2, 0) is 6.54 Å². The van der Waals surface area contributed by atoms with Crippen molar-refractivity contribution in [1.29, 1.82) is 0 Å². The third kappa shape index (κ3) is 2.79. The van der Waals surface area contributed by atoms with Crippen molar-refractivity contribution in [3.8, 4) is 0 Å². The Labute approximate surface area is 89.8 Å². The number of hydrogen-bond donors (Lipinski definition) is 1. The van der Waals surface area contributed by atoms with Crippen LogP contribution in [0.5, 0.6) is 0 Å². The summed E-state index contributed by atoms with van der Waals surface area (Å²) in [6.45, 7) is 6.51. The van der Waals surface area contributed by atoms with Crippen molar-refractivity contribution in [2.24, 2.45) is 5.92 Å². The summed E-state index contributed by atoms with van der Waals surface area (Å²) in [7, 11) is 0. The SMILES string of the molecule is CC(C)c1csc(CNCC2CC2)n1. The summed E-state index contributed by atoms with van der Waals surface area (Å²) in [4.78, 5) is 4.58. The molecule has 2 nitrogen and oxygen atoms in total. The summed E-state index contributed by atoms with van der Waals surface area (Å²) in [6, 6.07) is 0. The number of nitrogens with one attached hydrogen (secondary N) is 1. The second-order valence-corrected chi connectivity index (χ2v) is 5.34. The van der Waals surface area contributed by atoms with E-state index in [1.807, 2.05) is 0 Å². The van der Waals surface area contributed by atoms with E-state index in [1.165, 1.54) is 30.1 Å². The second kappa shape index (κ2) is 4.41. The van der Waals surface area contributed by atoms with E-state index in [0.717, 1.165) is 12.5 Å². The summed E-state index contributed by atoms with van der Waals surface area (Å²) in [5, 5.41) is 6.87. The maximum absolute atomic E-state index is 4.58. The highest BCUT2D eigenvalue weighted by Gasteiger charge is 2.20. The lowest BCUT2D eigenvalue weighted by atomic mass is 10.2. The van der Waals surface area contributed by atoms with E-state index >= 15 is 0 Å². The van der Waals surface area contributed by atoms with Crippen molar-refractivity contribution in [3.63, 3.8) is 0 Å². The molecule has 0 amide bonds. The van der Waals surface area contributed by atoms with Crippen LogP contribution in [0.3, 0.4) is 0 Å². The quantitative estimate of drug-likeness (QED) is 0.808. The largest absolute Gasteiger partial charge is 0.310 e. The average molecular weight is 210 g/mol. The Balaban J connectivity index is 1.77. The van der Waals surface area contributed by atoms with Crippen LogP contribution in [0.25, 0.3) is 0 Å². The molecule has 0 saturated heterocycles. The number of hydrogen-bond acceptors (Lipinski definition) is 3. The highest BCUT2D eigenvalue weighted by atomic mass is 32.1. The predicted molar refractivity (Wildman–Crippen MR) is 60.6 cm³/mol. The standard InChI is InChI=1S/C11H18N2S/c1-8(2)10-7-14-11(13-10)6-12-5-9-3-4-9/h7-9,12H,3-6H2,1-2H3. The molecule has 0 atom stereocenters. The van der Waals surface area contributed by atoms with Crippen molar-refractivity contribution in [2.45, 2.75) is 39.2 Å². The lowest BCUT2D eigenvalue weighted by molar-refractivity contribution is 0.634. The van der Waals surface area contributed by atoms with Gasteiger partial charge in [-0.15, -0.1) is 11.3 Å². The molecule has 78 valence electrons. The van der Waals surface area contributed by atoms with E-state index in [9.17, 15) is 0 Å². The van der Waals surface area contributed by atoms with Gasteiger partial charge in [-0.1, -0.05) is 13.8 Å². The minimum atomic E-state index is 0.559. The normalized spacial score (nSPS) is 16.5. The molecule has 14 heavy (non-hydrogen) atoms. The van der Waals surface area contributed by atoms with E-state index in [4.69, 9.17) is 0 Å². The highest BCUT2D eigenvalue weighted by Crippen LogP contribution is 2.27. The summed E-state index contributed by atoms with van der Waals surface area (Å²) in [5.41, 5.74) is 1.23. The first-order valence-electron chi connectivity index (χ1n) is 5.40. The van der Waals surface area contributed by atoms with E-state index in [-0.39, 0.29) is 0 Å². The van der Waals surface area contributed by atoms with Gasteiger partial charge in [-0.2, -0.15) is 0 Å². The summed E-state index contributed by atoms with van der Waals surface area (Å²) >= 11 is 1.78. The smallest absolute Gasteiger partial charge is 0.107 e. The molecule has 0 bridgehead atoms. The molecule has 0 radical (unpaired) electrons. The first-order chi connectivity index (χ1) is 6.75. The lowest BCUT2D eigenvalue weighted by Gasteiger charge is -2.00. The van der Waals surface area contributed by atoms with Gasteiger partial charge in [0.2, 0.25) is 0 Å². The second-order valence-electron chi connectivity index (χ2n) is 4.40. The van der Waals surface area contributed by atoms with Crippen LogP contribution in [0.2, 0.25) is 0 Å². The van der Waals surface area contributed by atoms with Gasteiger partial charge in [-0.25, -0.2) is 4.98 Å². The van der Waals surface area contributed by atoms with Crippen LogP contribution in [0.15, 0.2) is 5.38 Å². The van der Waals surface area contributed by atoms with Gasteiger partial charge in [0.1, 0.15) is 5.01 Å². The monoisotopic (exact) mass is 210 g/mol. The number of nitrogens with zero attached hydrogens (tertiary/aromatic N) is 1. The summed E-state index contributed by atoms with van der Waals surface area (Å²) < 4.78 is 0. The molecule has 1 aliphatic rings. The molecule has 1 aliphatic carbocycles. The predicted octanol–water partition coefficient (Wildman–Crippen LogP) is 2.77. The van der Waals surface area contributed by atoms with Gasteiger partial charge < -0.3 is 5.32 Å². The molecule has 0 aliphatic heterocycles. The molecule has 2 rings (SSSR count). The van der Waals surface area contributed by atoms with Gasteiger partial charge in [0, 0.05) is 11.9 Å². The van der Waals surface area contributed by atoms with Gasteiger partial charge in [0.05, 0.1) is 5.69 Å². The molecule has 1 saturated carbocycles. The molecule has 1 N–H and O–H groups in total. The van der Waals surface area contributed by atoms with Gasteiger partial charge in [-0.05, 0) is 31.2 Å². The lowest BCUT2D eigenvalue weighted by Crippen LogP contribution is -2.15. The van der Waals surface area contributed by atoms with Crippen LogP contribution in [-0.4, -0.2) is 11.5 Å². The molecule has 0 aromatic carbocycles. The van der Waals surface area contributed by atoms with Crippen LogP contribution in [0, 0.1) is 5.92 Å². The maximum atomic E-state index is 4.58. The molecule has 0 spiro atoms. The fourth-order valence-electron chi connectivity index (χ4n) is 1.38. The van der Waals surface area contributed by atoms with Crippen LogP contribution < -0.4 is 5.32 Å². The minimum absolute atomic E-state index is 0.559. The first kappa shape index (κ1) is 10.1. The highest BCUT2D eigenvalue weighted by molar-refractivity contribution is 7.09. The molecule has 1 aromatic rings. The maximum Gasteiger partial charge on any atom is 0.107 e. The minimum Gasteiger partial charge on any atom is -0.310 e.